The summed E-state index contributed by atoms with van der Waals surface area (Å²) in [6.45, 7) is 0. The normalized spacial score (nSPS) is 14.1. The lowest BCUT2D eigenvalue weighted by atomic mass is 9.96. The summed E-state index contributed by atoms with van der Waals surface area (Å²) < 4.78 is 5.86. The van der Waals surface area contributed by atoms with Crippen LogP contribution in [0, 0.1) is 0 Å². The SMILES string of the molecule is O=C(C=C1C=C(c2ccccc2O)Oc2cc(O)ccc21)c1ccccc1O. The van der Waals surface area contributed by atoms with E-state index in [0.29, 0.717) is 28.2 Å². The second-order valence-electron chi connectivity index (χ2n) is 6.29. The molecule has 4 rings (SSSR count). The predicted molar refractivity (Wildman–Crippen MR) is 105 cm³/mol. The fourth-order valence-corrected chi connectivity index (χ4v) is 3.04. The Morgan fingerprint density at radius 3 is 2.29 bits per heavy atom. The molecule has 0 saturated heterocycles. The van der Waals surface area contributed by atoms with Crippen LogP contribution in [0.25, 0.3) is 11.3 Å². The maximum Gasteiger partial charge on any atom is 0.190 e. The predicted octanol–water partition coefficient (Wildman–Crippen LogP) is 4.50. The summed E-state index contributed by atoms with van der Waals surface area (Å²) in [5.74, 6) is 0.270. The Hall–Kier alpha value is -3.99. The standard InChI is InChI=1S/C23H16O5/c24-15-9-10-16-14(11-21(27)17-5-1-3-7-19(17)25)12-22(28-23(16)13-15)18-6-2-4-8-20(18)26/h1-13,24-26H. The number of phenolic OH excluding ortho intramolecular Hbond substituents is 3. The van der Waals surface area contributed by atoms with Gasteiger partial charge in [0, 0.05) is 11.6 Å². The highest BCUT2D eigenvalue weighted by Crippen LogP contribution is 2.40. The van der Waals surface area contributed by atoms with Crippen molar-refractivity contribution in [2.45, 2.75) is 0 Å². The molecule has 0 fully saturated rings. The smallest absolute Gasteiger partial charge is 0.190 e. The van der Waals surface area contributed by atoms with Gasteiger partial charge in [0.05, 0.1) is 11.1 Å². The van der Waals surface area contributed by atoms with E-state index >= 15 is 0 Å². The molecular formula is C23H16O5. The molecule has 3 N–H and O–H groups in total. The van der Waals surface area contributed by atoms with Crippen LogP contribution in [0.5, 0.6) is 23.0 Å². The maximum absolute atomic E-state index is 12.7. The largest absolute Gasteiger partial charge is 0.508 e. The van der Waals surface area contributed by atoms with Crippen LogP contribution >= 0.6 is 0 Å². The first-order valence-corrected chi connectivity index (χ1v) is 8.58. The molecule has 0 aliphatic carbocycles. The molecule has 3 aromatic rings. The minimum atomic E-state index is -0.373. The second kappa shape index (κ2) is 6.96. The molecule has 138 valence electrons. The Bertz CT molecular complexity index is 1140. The fourth-order valence-electron chi connectivity index (χ4n) is 3.04. The molecule has 0 radical (unpaired) electrons. The number of hydrogen-bond donors (Lipinski definition) is 3. The van der Waals surface area contributed by atoms with E-state index < -0.39 is 0 Å². The van der Waals surface area contributed by atoms with Gasteiger partial charge in [0.25, 0.3) is 0 Å². The third-order valence-electron chi connectivity index (χ3n) is 4.41. The molecule has 0 aromatic heterocycles. The maximum atomic E-state index is 12.7. The first-order valence-electron chi connectivity index (χ1n) is 8.58. The average molecular weight is 372 g/mol. The van der Waals surface area contributed by atoms with Crippen molar-refractivity contribution in [3.05, 3.63) is 95.6 Å². The van der Waals surface area contributed by atoms with Crippen LogP contribution in [-0.4, -0.2) is 21.1 Å². The number of ether oxygens (including phenoxy) is 1. The van der Waals surface area contributed by atoms with E-state index in [9.17, 15) is 20.1 Å². The van der Waals surface area contributed by atoms with Gasteiger partial charge < -0.3 is 20.1 Å². The van der Waals surface area contributed by atoms with E-state index in [0.717, 1.165) is 0 Å². The van der Waals surface area contributed by atoms with Crippen molar-refractivity contribution >= 4 is 17.1 Å². The third kappa shape index (κ3) is 3.21. The lowest BCUT2D eigenvalue weighted by Crippen LogP contribution is -2.05. The second-order valence-corrected chi connectivity index (χ2v) is 6.29. The van der Waals surface area contributed by atoms with Crippen LogP contribution in [-0.2, 0) is 0 Å². The summed E-state index contributed by atoms with van der Waals surface area (Å²) in [6.07, 6.45) is 3.04. The van der Waals surface area contributed by atoms with E-state index in [1.54, 1.807) is 48.5 Å². The molecule has 0 atom stereocenters. The summed E-state index contributed by atoms with van der Waals surface area (Å²) in [4.78, 5) is 12.7. The number of para-hydroxylation sites is 2. The molecule has 28 heavy (non-hydrogen) atoms. The van der Waals surface area contributed by atoms with E-state index in [1.807, 2.05) is 0 Å². The summed E-state index contributed by atoms with van der Waals surface area (Å²) in [5.41, 5.74) is 1.78. The number of fused-ring (bicyclic) bond motifs is 1. The van der Waals surface area contributed by atoms with Crippen molar-refractivity contribution < 1.29 is 24.9 Å². The highest BCUT2D eigenvalue weighted by atomic mass is 16.5. The zero-order valence-electron chi connectivity index (χ0n) is 14.7. The van der Waals surface area contributed by atoms with Gasteiger partial charge in [0.1, 0.15) is 28.8 Å². The summed E-state index contributed by atoms with van der Waals surface area (Å²) in [7, 11) is 0. The molecular weight excluding hydrogens is 356 g/mol. The lowest BCUT2D eigenvalue weighted by Gasteiger charge is -2.21. The number of carbonyl (C=O) groups excluding carboxylic acids is 1. The number of aromatic hydroxyl groups is 3. The lowest BCUT2D eigenvalue weighted by molar-refractivity contribution is 0.104. The number of carbonyl (C=O) groups is 1. The van der Waals surface area contributed by atoms with Crippen LogP contribution in [0.2, 0.25) is 0 Å². The number of phenols is 3. The van der Waals surface area contributed by atoms with Gasteiger partial charge in [-0.05, 0) is 54.1 Å². The van der Waals surface area contributed by atoms with E-state index in [-0.39, 0.29) is 28.6 Å². The Kier molecular flexibility index (Phi) is 4.33. The van der Waals surface area contributed by atoms with E-state index in [2.05, 4.69) is 0 Å². The van der Waals surface area contributed by atoms with Gasteiger partial charge in [-0.1, -0.05) is 24.3 Å². The van der Waals surface area contributed by atoms with E-state index in [1.165, 1.54) is 30.3 Å². The van der Waals surface area contributed by atoms with Crippen molar-refractivity contribution in [2.24, 2.45) is 0 Å². The van der Waals surface area contributed by atoms with Crippen LogP contribution in [0.4, 0.5) is 0 Å². The van der Waals surface area contributed by atoms with Crippen molar-refractivity contribution in [1.82, 2.24) is 0 Å². The Labute approximate surface area is 161 Å². The molecule has 0 amide bonds. The first-order chi connectivity index (χ1) is 13.5. The molecule has 5 heteroatoms. The number of rotatable bonds is 3. The van der Waals surface area contributed by atoms with Gasteiger partial charge >= 0.3 is 0 Å². The molecule has 5 nitrogen and oxygen atoms in total. The van der Waals surface area contributed by atoms with Crippen LogP contribution in [0.1, 0.15) is 21.5 Å². The van der Waals surface area contributed by atoms with Gasteiger partial charge in [-0.3, -0.25) is 4.79 Å². The Balaban J connectivity index is 1.85. The number of benzene rings is 3. The van der Waals surface area contributed by atoms with Gasteiger partial charge in [0.2, 0.25) is 0 Å². The van der Waals surface area contributed by atoms with Crippen molar-refractivity contribution in [3.8, 4) is 23.0 Å². The number of hydrogen-bond acceptors (Lipinski definition) is 5. The minimum Gasteiger partial charge on any atom is -0.508 e. The van der Waals surface area contributed by atoms with Gasteiger partial charge in [0.15, 0.2) is 5.78 Å². The fraction of sp³-hybridized carbons (Fsp3) is 0. The zero-order chi connectivity index (χ0) is 19.7. The molecule has 0 bridgehead atoms. The molecule has 1 aliphatic heterocycles. The third-order valence-corrected chi connectivity index (χ3v) is 4.41. The summed E-state index contributed by atoms with van der Waals surface area (Å²) >= 11 is 0. The van der Waals surface area contributed by atoms with Crippen LogP contribution in [0.3, 0.4) is 0 Å². The highest BCUT2D eigenvalue weighted by molar-refractivity contribution is 6.12. The number of allylic oxidation sites excluding steroid dienone is 3. The Morgan fingerprint density at radius 2 is 1.54 bits per heavy atom. The molecule has 1 aliphatic rings. The van der Waals surface area contributed by atoms with E-state index in [4.69, 9.17) is 4.74 Å². The molecule has 0 spiro atoms. The highest BCUT2D eigenvalue weighted by Gasteiger charge is 2.21. The summed E-state index contributed by atoms with van der Waals surface area (Å²) in [5, 5.41) is 29.9. The summed E-state index contributed by atoms with van der Waals surface area (Å²) in [6, 6.07) is 17.6. The van der Waals surface area contributed by atoms with Gasteiger partial charge in [-0.15, -0.1) is 0 Å². The van der Waals surface area contributed by atoms with Gasteiger partial charge in [-0.25, -0.2) is 0 Å². The Morgan fingerprint density at radius 1 is 0.821 bits per heavy atom. The monoisotopic (exact) mass is 372 g/mol. The minimum absolute atomic E-state index is 0.0173. The molecule has 0 unspecified atom stereocenters. The molecule has 1 heterocycles. The topological polar surface area (TPSA) is 87.0 Å². The quantitative estimate of drug-likeness (QED) is 0.465. The van der Waals surface area contributed by atoms with Crippen molar-refractivity contribution in [3.63, 3.8) is 0 Å². The molecule has 0 saturated carbocycles. The first kappa shape index (κ1) is 17.4. The van der Waals surface area contributed by atoms with Crippen LogP contribution < -0.4 is 4.74 Å². The molecule has 3 aromatic carbocycles. The van der Waals surface area contributed by atoms with Gasteiger partial charge in [-0.2, -0.15) is 0 Å². The van der Waals surface area contributed by atoms with Crippen molar-refractivity contribution in [2.75, 3.05) is 0 Å². The average Bonchev–Trinajstić information content (AvgIpc) is 2.68. The zero-order valence-corrected chi connectivity index (χ0v) is 14.7. The van der Waals surface area contributed by atoms with Crippen molar-refractivity contribution in [1.29, 1.82) is 0 Å². The number of ketones is 1. The van der Waals surface area contributed by atoms with Crippen LogP contribution in [0.15, 0.2) is 78.9 Å².